The Kier molecular flexibility index (Phi) is 5.49. The van der Waals surface area contributed by atoms with E-state index in [4.69, 9.17) is 0 Å². The van der Waals surface area contributed by atoms with Gasteiger partial charge in [-0.3, -0.25) is 4.79 Å². The van der Waals surface area contributed by atoms with Crippen LogP contribution in [-0.4, -0.2) is 30.2 Å². The van der Waals surface area contributed by atoms with Gasteiger partial charge in [-0.25, -0.2) is 4.39 Å². The Hall–Kier alpha value is -1.46. The second-order valence-corrected chi connectivity index (χ2v) is 5.27. The van der Waals surface area contributed by atoms with E-state index in [0.29, 0.717) is 6.54 Å². The summed E-state index contributed by atoms with van der Waals surface area (Å²) in [6.07, 6.45) is 3.76. The molecule has 0 aliphatic heterocycles. The molecule has 5 heteroatoms. The Balaban J connectivity index is 1.71. The van der Waals surface area contributed by atoms with Gasteiger partial charge in [-0.2, -0.15) is 0 Å². The molecule has 0 spiro atoms. The molecule has 0 radical (unpaired) electrons. The number of anilines is 1. The topological polar surface area (TPSA) is 61.4 Å². The molecule has 1 aromatic carbocycles. The van der Waals surface area contributed by atoms with Crippen LogP contribution in [0.3, 0.4) is 0 Å². The van der Waals surface area contributed by atoms with Gasteiger partial charge in [0.1, 0.15) is 5.82 Å². The lowest BCUT2D eigenvalue weighted by molar-refractivity contribution is -0.115. The molecule has 0 aromatic heterocycles. The van der Waals surface area contributed by atoms with Gasteiger partial charge in [0.15, 0.2) is 0 Å². The van der Waals surface area contributed by atoms with Crippen molar-refractivity contribution in [2.75, 3.05) is 18.4 Å². The largest absolute Gasteiger partial charge is 0.393 e. The van der Waals surface area contributed by atoms with Crippen LogP contribution in [-0.2, 0) is 4.79 Å². The second kappa shape index (κ2) is 7.36. The normalized spacial score (nSPS) is 22.5. The van der Waals surface area contributed by atoms with Gasteiger partial charge in [0, 0.05) is 6.54 Å². The average molecular weight is 280 g/mol. The molecule has 1 aliphatic rings. The Morgan fingerprint density at radius 3 is 2.80 bits per heavy atom. The van der Waals surface area contributed by atoms with E-state index in [1.54, 1.807) is 12.1 Å². The fourth-order valence-corrected chi connectivity index (χ4v) is 2.55. The molecule has 4 nitrogen and oxygen atoms in total. The van der Waals surface area contributed by atoms with Crippen molar-refractivity contribution in [3.05, 3.63) is 30.1 Å². The monoisotopic (exact) mass is 280 g/mol. The summed E-state index contributed by atoms with van der Waals surface area (Å²) in [5, 5.41) is 15.4. The molecule has 2 atom stereocenters. The van der Waals surface area contributed by atoms with Crippen molar-refractivity contribution >= 4 is 11.6 Å². The molecule has 110 valence electrons. The molecule has 3 N–H and O–H groups in total. The number of rotatable bonds is 5. The fourth-order valence-electron chi connectivity index (χ4n) is 2.55. The molecule has 1 saturated carbocycles. The van der Waals surface area contributed by atoms with E-state index in [-0.39, 0.29) is 30.2 Å². The molecule has 1 amide bonds. The molecule has 1 aliphatic carbocycles. The Labute approximate surface area is 118 Å². The van der Waals surface area contributed by atoms with Crippen LogP contribution in [0.5, 0.6) is 0 Å². The number of halogens is 1. The second-order valence-electron chi connectivity index (χ2n) is 5.27. The maximum atomic E-state index is 13.3. The summed E-state index contributed by atoms with van der Waals surface area (Å²) in [6, 6.07) is 6.08. The first-order valence-electron chi connectivity index (χ1n) is 7.10. The number of carbonyl (C=O) groups excluding carboxylic acids is 1. The number of aliphatic hydroxyl groups excluding tert-OH is 1. The number of carbonyl (C=O) groups is 1. The van der Waals surface area contributed by atoms with Gasteiger partial charge in [-0.15, -0.1) is 0 Å². The third kappa shape index (κ3) is 4.28. The first kappa shape index (κ1) is 14.9. The van der Waals surface area contributed by atoms with Crippen molar-refractivity contribution in [1.82, 2.24) is 5.32 Å². The van der Waals surface area contributed by atoms with Gasteiger partial charge >= 0.3 is 0 Å². The molecule has 2 unspecified atom stereocenters. The molecule has 1 fully saturated rings. The number of benzene rings is 1. The van der Waals surface area contributed by atoms with Crippen molar-refractivity contribution < 1.29 is 14.3 Å². The van der Waals surface area contributed by atoms with Crippen LogP contribution in [0.15, 0.2) is 24.3 Å². The van der Waals surface area contributed by atoms with Gasteiger partial charge in [-0.1, -0.05) is 25.0 Å². The number of nitrogens with one attached hydrogen (secondary N) is 2. The summed E-state index contributed by atoms with van der Waals surface area (Å²) in [4.78, 5) is 11.7. The van der Waals surface area contributed by atoms with Gasteiger partial charge in [0.05, 0.1) is 18.3 Å². The van der Waals surface area contributed by atoms with Crippen molar-refractivity contribution in [2.24, 2.45) is 5.92 Å². The van der Waals surface area contributed by atoms with Gasteiger partial charge < -0.3 is 15.7 Å². The number of hydrogen-bond acceptors (Lipinski definition) is 3. The van der Waals surface area contributed by atoms with Crippen molar-refractivity contribution in [3.63, 3.8) is 0 Å². The molecule has 0 saturated heterocycles. The predicted octanol–water partition coefficient (Wildman–Crippen LogP) is 1.90. The van der Waals surface area contributed by atoms with Gasteiger partial charge in [-0.05, 0) is 30.9 Å². The lowest BCUT2D eigenvalue weighted by Crippen LogP contribution is -2.37. The molecule has 2 rings (SSSR count). The van der Waals surface area contributed by atoms with Gasteiger partial charge in [0.25, 0.3) is 0 Å². The van der Waals surface area contributed by atoms with Crippen LogP contribution in [0.2, 0.25) is 0 Å². The summed E-state index contributed by atoms with van der Waals surface area (Å²) in [7, 11) is 0. The third-order valence-corrected chi connectivity index (χ3v) is 3.71. The summed E-state index contributed by atoms with van der Waals surface area (Å²) in [6.45, 7) is 0.739. The Bertz CT molecular complexity index is 453. The highest BCUT2D eigenvalue weighted by atomic mass is 19.1. The van der Waals surface area contributed by atoms with E-state index in [9.17, 15) is 14.3 Å². The van der Waals surface area contributed by atoms with Crippen molar-refractivity contribution in [1.29, 1.82) is 0 Å². The summed E-state index contributed by atoms with van der Waals surface area (Å²) >= 11 is 0. The molecular formula is C15H21FN2O2. The SMILES string of the molecule is O=C(CNCC1CCCCC1O)Nc1ccccc1F. The Morgan fingerprint density at radius 1 is 1.30 bits per heavy atom. The van der Waals surface area contributed by atoms with Gasteiger partial charge in [0.2, 0.25) is 5.91 Å². The van der Waals surface area contributed by atoms with E-state index in [2.05, 4.69) is 10.6 Å². The quantitative estimate of drug-likeness (QED) is 0.772. The van der Waals surface area contributed by atoms with Crippen LogP contribution in [0, 0.1) is 11.7 Å². The van der Waals surface area contributed by atoms with Crippen LogP contribution in [0.1, 0.15) is 25.7 Å². The van der Waals surface area contributed by atoms with Crippen LogP contribution >= 0.6 is 0 Å². The standard InChI is InChI=1S/C15H21FN2O2/c16-12-6-2-3-7-13(12)18-15(20)10-17-9-11-5-1-4-8-14(11)19/h2-3,6-7,11,14,17,19H,1,4-5,8-10H2,(H,18,20). The Morgan fingerprint density at radius 2 is 2.05 bits per heavy atom. The maximum Gasteiger partial charge on any atom is 0.238 e. The smallest absolute Gasteiger partial charge is 0.238 e. The van der Waals surface area contributed by atoms with Crippen LogP contribution in [0.25, 0.3) is 0 Å². The lowest BCUT2D eigenvalue weighted by atomic mass is 9.86. The molecule has 1 aromatic rings. The summed E-state index contributed by atoms with van der Waals surface area (Å²) < 4.78 is 13.3. The van der Waals surface area contributed by atoms with Crippen molar-refractivity contribution in [3.8, 4) is 0 Å². The lowest BCUT2D eigenvalue weighted by Gasteiger charge is -2.27. The average Bonchev–Trinajstić information content (AvgIpc) is 2.43. The van der Waals surface area contributed by atoms with Crippen molar-refractivity contribution in [2.45, 2.75) is 31.8 Å². The maximum absolute atomic E-state index is 13.3. The molecule has 0 bridgehead atoms. The van der Waals surface area contributed by atoms with Crippen LogP contribution < -0.4 is 10.6 Å². The third-order valence-electron chi connectivity index (χ3n) is 3.71. The van der Waals surface area contributed by atoms with Crippen LogP contribution in [0.4, 0.5) is 10.1 Å². The molecule has 20 heavy (non-hydrogen) atoms. The minimum atomic E-state index is -0.441. The zero-order valence-electron chi connectivity index (χ0n) is 11.4. The van der Waals surface area contributed by atoms with E-state index >= 15 is 0 Å². The zero-order valence-corrected chi connectivity index (χ0v) is 11.4. The zero-order chi connectivity index (χ0) is 14.4. The van der Waals surface area contributed by atoms with E-state index < -0.39 is 5.82 Å². The fraction of sp³-hybridized carbons (Fsp3) is 0.533. The minimum Gasteiger partial charge on any atom is -0.393 e. The highest BCUT2D eigenvalue weighted by molar-refractivity contribution is 5.92. The molecule has 0 heterocycles. The summed E-state index contributed by atoms with van der Waals surface area (Å²) in [5.41, 5.74) is 0.192. The number of aliphatic hydroxyl groups is 1. The number of amides is 1. The summed E-state index contributed by atoms with van der Waals surface area (Å²) in [5.74, 6) is -0.506. The number of para-hydroxylation sites is 1. The van der Waals surface area contributed by atoms with E-state index in [0.717, 1.165) is 25.7 Å². The molecular weight excluding hydrogens is 259 g/mol. The first-order valence-corrected chi connectivity index (χ1v) is 7.10. The highest BCUT2D eigenvalue weighted by Crippen LogP contribution is 2.23. The first-order chi connectivity index (χ1) is 9.66. The van der Waals surface area contributed by atoms with E-state index in [1.165, 1.54) is 12.1 Å². The number of hydrogen-bond donors (Lipinski definition) is 3. The highest BCUT2D eigenvalue weighted by Gasteiger charge is 2.22. The minimum absolute atomic E-state index is 0.123. The van der Waals surface area contributed by atoms with E-state index in [1.807, 2.05) is 0 Å². The predicted molar refractivity (Wildman–Crippen MR) is 75.9 cm³/mol.